The van der Waals surface area contributed by atoms with Crippen molar-refractivity contribution in [3.63, 3.8) is 0 Å². The smallest absolute Gasteiger partial charge is 0.309 e. The molecule has 5 aliphatic rings. The lowest BCUT2D eigenvalue weighted by atomic mass is 9.70. The molecule has 0 aromatic rings. The van der Waals surface area contributed by atoms with E-state index in [0.717, 1.165) is 48.3 Å². The van der Waals surface area contributed by atoms with E-state index in [2.05, 4.69) is 27.7 Å². The van der Waals surface area contributed by atoms with Crippen molar-refractivity contribution in [2.75, 3.05) is 6.61 Å². The first-order valence-corrected chi connectivity index (χ1v) is 13.9. The van der Waals surface area contributed by atoms with Crippen LogP contribution in [0.25, 0.3) is 0 Å². The quantitative estimate of drug-likeness (QED) is 0.544. The second-order valence-electron chi connectivity index (χ2n) is 13.5. The number of aliphatic hydroxyl groups excluding tert-OH is 1. The van der Waals surface area contributed by atoms with Gasteiger partial charge in [-0.1, -0.05) is 27.7 Å². The molecule has 5 heteroatoms. The number of carbonyl (C=O) groups excluding carboxylic acids is 2. The molecule has 12 atom stereocenters. The van der Waals surface area contributed by atoms with Crippen molar-refractivity contribution in [2.24, 2.45) is 65.1 Å². The minimum atomic E-state index is -0.528. The van der Waals surface area contributed by atoms with Gasteiger partial charge in [-0.25, -0.2) is 0 Å². The van der Waals surface area contributed by atoms with Crippen LogP contribution in [-0.2, 0) is 19.1 Å². The van der Waals surface area contributed by atoms with Gasteiger partial charge in [0, 0.05) is 0 Å². The van der Waals surface area contributed by atoms with Crippen LogP contribution >= 0.6 is 0 Å². The molecule has 0 spiro atoms. The van der Waals surface area contributed by atoms with Gasteiger partial charge in [0.05, 0.1) is 25.0 Å². The molecule has 4 aliphatic carbocycles. The van der Waals surface area contributed by atoms with Gasteiger partial charge in [-0.2, -0.15) is 0 Å². The zero-order chi connectivity index (χ0) is 24.9. The topological polar surface area (TPSA) is 72.8 Å². The Kier molecular flexibility index (Phi) is 7.45. The number of esters is 2. The maximum Gasteiger partial charge on any atom is 0.309 e. The molecule has 5 nitrogen and oxygen atoms in total. The van der Waals surface area contributed by atoms with Crippen molar-refractivity contribution in [1.29, 1.82) is 0 Å². The molecule has 1 aliphatic heterocycles. The third kappa shape index (κ3) is 5.06. The number of ether oxygens (including phenoxy) is 2. The molecule has 4 bridgehead atoms. The van der Waals surface area contributed by atoms with E-state index in [1.54, 1.807) is 0 Å². The number of hydrogen-bond donors (Lipinski definition) is 1. The highest BCUT2D eigenvalue weighted by atomic mass is 16.6. The fourth-order valence-electron chi connectivity index (χ4n) is 8.51. The van der Waals surface area contributed by atoms with Gasteiger partial charge in [0.1, 0.15) is 5.60 Å². The second kappa shape index (κ2) is 9.75. The Hall–Kier alpha value is -1.10. The zero-order valence-electron chi connectivity index (χ0n) is 22.5. The summed E-state index contributed by atoms with van der Waals surface area (Å²) in [6.45, 7) is 15.6. The van der Waals surface area contributed by atoms with Crippen LogP contribution in [-0.4, -0.2) is 35.4 Å². The Labute approximate surface area is 206 Å². The summed E-state index contributed by atoms with van der Waals surface area (Å²) in [4.78, 5) is 23.4. The Morgan fingerprint density at radius 2 is 1.50 bits per heavy atom. The molecule has 34 heavy (non-hydrogen) atoms. The van der Waals surface area contributed by atoms with Gasteiger partial charge in [-0.3, -0.25) is 9.59 Å². The summed E-state index contributed by atoms with van der Waals surface area (Å²) in [5.41, 5.74) is -0.465. The molecular weight excluding hydrogens is 428 g/mol. The van der Waals surface area contributed by atoms with Crippen LogP contribution in [0, 0.1) is 65.1 Å². The molecule has 194 valence electrons. The Balaban J connectivity index is 0.000000165. The van der Waals surface area contributed by atoms with Gasteiger partial charge in [0.15, 0.2) is 0 Å². The number of carbonyl (C=O) groups is 2. The van der Waals surface area contributed by atoms with Crippen molar-refractivity contribution in [1.82, 2.24) is 0 Å². The first kappa shape index (κ1) is 26.0. The SMILES string of the molecule is CC1C2CC(C(O)CC(=O)OC(C)(C)C)C(C2)C1C.CC1C2CC(C3CCOC3=O)C(C2)C1C. The van der Waals surface area contributed by atoms with Gasteiger partial charge in [-0.15, -0.1) is 0 Å². The minimum Gasteiger partial charge on any atom is -0.465 e. The van der Waals surface area contributed by atoms with Crippen LogP contribution in [0.4, 0.5) is 0 Å². The summed E-state index contributed by atoms with van der Waals surface area (Å²) in [5.74, 6) is 7.20. The Morgan fingerprint density at radius 1 is 0.941 bits per heavy atom. The lowest BCUT2D eigenvalue weighted by molar-refractivity contribution is -0.158. The first-order valence-electron chi connectivity index (χ1n) is 13.9. The highest BCUT2D eigenvalue weighted by Crippen LogP contribution is 2.58. The lowest BCUT2D eigenvalue weighted by Gasteiger charge is -2.34. The first-order chi connectivity index (χ1) is 15.9. The van der Waals surface area contributed by atoms with Gasteiger partial charge in [0.25, 0.3) is 0 Å². The fourth-order valence-corrected chi connectivity index (χ4v) is 8.51. The molecule has 0 aromatic carbocycles. The van der Waals surface area contributed by atoms with E-state index in [4.69, 9.17) is 9.47 Å². The average molecular weight is 477 g/mol. The van der Waals surface area contributed by atoms with Gasteiger partial charge in [-0.05, 0) is 112 Å². The van der Waals surface area contributed by atoms with Crippen LogP contribution in [0.3, 0.4) is 0 Å². The van der Waals surface area contributed by atoms with E-state index in [1.165, 1.54) is 19.3 Å². The molecule has 12 unspecified atom stereocenters. The molecule has 0 radical (unpaired) electrons. The predicted molar refractivity (Wildman–Crippen MR) is 132 cm³/mol. The van der Waals surface area contributed by atoms with Crippen LogP contribution in [0.1, 0.15) is 87.0 Å². The zero-order valence-corrected chi connectivity index (χ0v) is 22.5. The summed E-state index contributed by atoms with van der Waals surface area (Å²) in [5, 5.41) is 10.3. The van der Waals surface area contributed by atoms with E-state index < -0.39 is 11.7 Å². The van der Waals surface area contributed by atoms with Crippen molar-refractivity contribution < 1.29 is 24.2 Å². The van der Waals surface area contributed by atoms with Gasteiger partial charge < -0.3 is 14.6 Å². The maximum atomic E-state index is 11.8. The summed E-state index contributed by atoms with van der Waals surface area (Å²) < 4.78 is 10.4. The lowest BCUT2D eigenvalue weighted by Crippen LogP contribution is -2.35. The highest BCUT2D eigenvalue weighted by molar-refractivity contribution is 5.74. The number of hydrogen-bond acceptors (Lipinski definition) is 5. The standard InChI is InChI=1S/C16H28O3.C13H20O2/c1-9-10(2)12-6-11(9)7-13(12)14(17)8-15(18)19-16(3,4)5;1-7-8(2)11-5-9(7)6-12(11)10-3-4-15-13(10)14/h9-14,17H,6-8H2,1-5H3;7-12H,3-6H2,1-2H3. The number of cyclic esters (lactones) is 1. The Morgan fingerprint density at radius 3 is 1.97 bits per heavy atom. The third-order valence-electron chi connectivity index (χ3n) is 10.7. The van der Waals surface area contributed by atoms with Crippen LogP contribution in [0.5, 0.6) is 0 Å². The fraction of sp³-hybridized carbons (Fsp3) is 0.931. The van der Waals surface area contributed by atoms with E-state index in [9.17, 15) is 14.7 Å². The molecule has 1 saturated heterocycles. The van der Waals surface area contributed by atoms with E-state index in [-0.39, 0.29) is 24.3 Å². The molecule has 1 N–H and O–H groups in total. The third-order valence-corrected chi connectivity index (χ3v) is 10.7. The van der Waals surface area contributed by atoms with Crippen molar-refractivity contribution in [2.45, 2.75) is 98.7 Å². The molecule has 5 rings (SSSR count). The Bertz CT molecular complexity index is 752. The molecule has 4 saturated carbocycles. The summed E-state index contributed by atoms with van der Waals surface area (Å²) >= 11 is 0. The van der Waals surface area contributed by atoms with Crippen LogP contribution < -0.4 is 0 Å². The van der Waals surface area contributed by atoms with Crippen molar-refractivity contribution in [3.05, 3.63) is 0 Å². The highest BCUT2D eigenvalue weighted by Gasteiger charge is 2.53. The summed E-state index contributed by atoms with van der Waals surface area (Å²) in [7, 11) is 0. The van der Waals surface area contributed by atoms with Crippen molar-refractivity contribution >= 4 is 11.9 Å². The van der Waals surface area contributed by atoms with E-state index in [1.807, 2.05) is 20.8 Å². The largest absolute Gasteiger partial charge is 0.465 e. The molecular formula is C29H48O5. The van der Waals surface area contributed by atoms with E-state index >= 15 is 0 Å². The molecule has 1 heterocycles. The molecule has 0 amide bonds. The van der Waals surface area contributed by atoms with Gasteiger partial charge >= 0.3 is 11.9 Å². The number of rotatable bonds is 4. The summed E-state index contributed by atoms with van der Waals surface area (Å²) in [6, 6.07) is 0. The summed E-state index contributed by atoms with van der Waals surface area (Å²) in [6.07, 6.45) is 5.57. The number of aliphatic hydroxyl groups is 1. The monoisotopic (exact) mass is 476 g/mol. The average Bonchev–Trinajstić information content (AvgIpc) is 3.53. The van der Waals surface area contributed by atoms with Crippen LogP contribution in [0.15, 0.2) is 0 Å². The normalized spacial score (nSPS) is 45.6. The minimum absolute atomic E-state index is 0.0902. The number of fused-ring (bicyclic) bond motifs is 4. The molecule has 0 aromatic heterocycles. The molecule has 5 fully saturated rings. The second-order valence-corrected chi connectivity index (χ2v) is 13.5. The van der Waals surface area contributed by atoms with Crippen molar-refractivity contribution in [3.8, 4) is 0 Å². The maximum absolute atomic E-state index is 11.8. The van der Waals surface area contributed by atoms with E-state index in [0.29, 0.717) is 30.3 Å². The van der Waals surface area contributed by atoms with Crippen LogP contribution in [0.2, 0.25) is 0 Å². The van der Waals surface area contributed by atoms with Gasteiger partial charge in [0.2, 0.25) is 0 Å². The predicted octanol–water partition coefficient (Wildman–Crippen LogP) is 5.49.